The maximum atomic E-state index is 12.8. The summed E-state index contributed by atoms with van der Waals surface area (Å²) in [7, 11) is 0. The van der Waals surface area contributed by atoms with Gasteiger partial charge in [0.1, 0.15) is 11.9 Å². The fourth-order valence-electron chi connectivity index (χ4n) is 4.33. The summed E-state index contributed by atoms with van der Waals surface area (Å²) in [6, 6.07) is 10.7. The van der Waals surface area contributed by atoms with E-state index in [1.165, 1.54) is 36.6 Å². The van der Waals surface area contributed by atoms with Gasteiger partial charge in [-0.3, -0.25) is 9.89 Å². The van der Waals surface area contributed by atoms with Gasteiger partial charge in [-0.05, 0) is 39.2 Å². The fourth-order valence-corrected chi connectivity index (χ4v) is 4.93. The summed E-state index contributed by atoms with van der Waals surface area (Å²) in [6.45, 7) is 6.03. The van der Waals surface area contributed by atoms with Crippen LogP contribution in [0.1, 0.15) is 60.5 Å². The molecule has 0 bridgehead atoms. The van der Waals surface area contributed by atoms with Crippen molar-refractivity contribution in [1.82, 2.24) is 19.7 Å². The standard InChI is InChI=1S/C24H28N6OS/c1-15-9-11-18(12-10-15)22-27-24(29-28-22)32-14-21(31)26-23-20(13-25)16(2)17(3)30(23)19-7-5-4-6-8-19/h9-12,19H,4-8,14H2,1-3H3,(H,26,31)(H,27,28,29). The minimum Gasteiger partial charge on any atom is -0.327 e. The Bertz CT molecular complexity index is 1150. The third-order valence-electron chi connectivity index (χ3n) is 6.19. The minimum absolute atomic E-state index is 0.164. The number of aryl methyl sites for hydroxylation is 1. The number of amides is 1. The first-order valence-electron chi connectivity index (χ1n) is 11.0. The monoisotopic (exact) mass is 448 g/mol. The number of H-pyrrole nitrogens is 1. The van der Waals surface area contributed by atoms with Crippen LogP contribution in [0, 0.1) is 32.1 Å². The predicted octanol–water partition coefficient (Wildman–Crippen LogP) is 5.31. The van der Waals surface area contributed by atoms with Crippen LogP contribution in [0.4, 0.5) is 5.82 Å². The lowest BCUT2D eigenvalue weighted by molar-refractivity contribution is -0.113. The number of nitrogens with zero attached hydrogens (tertiary/aromatic N) is 4. The minimum atomic E-state index is -0.164. The molecule has 0 aliphatic heterocycles. The van der Waals surface area contributed by atoms with Gasteiger partial charge < -0.3 is 9.88 Å². The van der Waals surface area contributed by atoms with Crippen molar-refractivity contribution in [2.75, 3.05) is 11.1 Å². The van der Waals surface area contributed by atoms with Gasteiger partial charge in [0.15, 0.2) is 5.82 Å². The smallest absolute Gasteiger partial charge is 0.235 e. The molecule has 1 amide bonds. The topological polar surface area (TPSA) is 99.4 Å². The molecule has 7 nitrogen and oxygen atoms in total. The average molecular weight is 449 g/mol. The van der Waals surface area contributed by atoms with Gasteiger partial charge in [-0.25, -0.2) is 4.98 Å². The van der Waals surface area contributed by atoms with E-state index in [9.17, 15) is 10.1 Å². The zero-order chi connectivity index (χ0) is 22.7. The number of nitriles is 1. The Labute approximate surface area is 192 Å². The Morgan fingerprint density at radius 1 is 1.22 bits per heavy atom. The van der Waals surface area contributed by atoms with Crippen LogP contribution in [0.3, 0.4) is 0 Å². The second kappa shape index (κ2) is 9.61. The van der Waals surface area contributed by atoms with Crippen molar-refractivity contribution >= 4 is 23.5 Å². The van der Waals surface area contributed by atoms with E-state index in [4.69, 9.17) is 0 Å². The Hall–Kier alpha value is -3.05. The van der Waals surface area contributed by atoms with Gasteiger partial charge in [0, 0.05) is 17.3 Å². The van der Waals surface area contributed by atoms with Crippen LogP contribution >= 0.6 is 11.8 Å². The number of nitrogens with one attached hydrogen (secondary N) is 2. The van der Waals surface area contributed by atoms with E-state index in [1.54, 1.807) is 0 Å². The third kappa shape index (κ3) is 4.58. The number of carbonyl (C=O) groups excluding carboxylic acids is 1. The van der Waals surface area contributed by atoms with Gasteiger partial charge in [-0.15, -0.1) is 5.10 Å². The fraction of sp³-hybridized carbons (Fsp3) is 0.417. The molecule has 1 aliphatic rings. The van der Waals surface area contributed by atoms with Gasteiger partial charge >= 0.3 is 0 Å². The SMILES string of the molecule is Cc1ccc(-c2nc(SCC(=O)Nc3c(C#N)c(C)c(C)n3C3CCCCC3)n[nH]2)cc1. The molecule has 1 saturated carbocycles. The van der Waals surface area contributed by atoms with Crippen LogP contribution in [0.25, 0.3) is 11.4 Å². The number of anilines is 1. The molecule has 1 aliphatic carbocycles. The van der Waals surface area contributed by atoms with Crippen molar-refractivity contribution in [3.63, 3.8) is 0 Å². The maximum absolute atomic E-state index is 12.8. The number of hydrogen-bond donors (Lipinski definition) is 2. The summed E-state index contributed by atoms with van der Waals surface area (Å²) in [5.41, 5.74) is 4.70. The van der Waals surface area contributed by atoms with Crippen LogP contribution in [-0.4, -0.2) is 31.4 Å². The van der Waals surface area contributed by atoms with E-state index >= 15 is 0 Å². The lowest BCUT2D eigenvalue weighted by atomic mass is 9.95. The van der Waals surface area contributed by atoms with Gasteiger partial charge in [0.2, 0.25) is 11.1 Å². The van der Waals surface area contributed by atoms with Crippen LogP contribution < -0.4 is 5.32 Å². The number of hydrogen-bond acceptors (Lipinski definition) is 5. The summed E-state index contributed by atoms with van der Waals surface area (Å²) in [4.78, 5) is 17.3. The van der Waals surface area contributed by atoms with Gasteiger partial charge in [-0.2, -0.15) is 5.26 Å². The van der Waals surface area contributed by atoms with Gasteiger partial charge in [0.05, 0.1) is 11.3 Å². The Kier molecular flexibility index (Phi) is 6.66. The van der Waals surface area contributed by atoms with E-state index in [-0.39, 0.29) is 11.7 Å². The Morgan fingerprint density at radius 2 is 1.94 bits per heavy atom. The molecule has 166 valence electrons. The number of benzene rings is 1. The molecule has 1 aromatic carbocycles. The zero-order valence-electron chi connectivity index (χ0n) is 18.7. The predicted molar refractivity (Wildman–Crippen MR) is 127 cm³/mol. The molecule has 0 spiro atoms. The van der Waals surface area contributed by atoms with Crippen LogP contribution in [-0.2, 0) is 4.79 Å². The quantitative estimate of drug-likeness (QED) is 0.498. The first kappa shape index (κ1) is 22.2. The molecule has 2 aromatic heterocycles. The molecule has 8 heteroatoms. The maximum Gasteiger partial charge on any atom is 0.235 e. The Morgan fingerprint density at radius 3 is 2.62 bits per heavy atom. The van der Waals surface area contributed by atoms with E-state index in [2.05, 4.69) is 31.1 Å². The molecular weight excluding hydrogens is 420 g/mol. The largest absolute Gasteiger partial charge is 0.327 e. The highest BCUT2D eigenvalue weighted by Gasteiger charge is 2.26. The highest BCUT2D eigenvalue weighted by Crippen LogP contribution is 2.36. The van der Waals surface area contributed by atoms with E-state index < -0.39 is 0 Å². The summed E-state index contributed by atoms with van der Waals surface area (Å²) < 4.78 is 2.18. The lowest BCUT2D eigenvalue weighted by Gasteiger charge is -2.27. The highest BCUT2D eigenvalue weighted by molar-refractivity contribution is 7.99. The number of thioether (sulfide) groups is 1. The second-order valence-electron chi connectivity index (χ2n) is 8.38. The Balaban J connectivity index is 1.46. The molecule has 2 heterocycles. The third-order valence-corrected chi connectivity index (χ3v) is 7.04. The molecular formula is C24H28N6OS. The van der Waals surface area contributed by atoms with Crippen molar-refractivity contribution in [2.24, 2.45) is 0 Å². The molecule has 2 N–H and O–H groups in total. The van der Waals surface area contributed by atoms with Crippen molar-refractivity contribution in [3.8, 4) is 17.5 Å². The summed E-state index contributed by atoms with van der Waals surface area (Å²) in [5, 5.41) is 20.4. The van der Waals surface area contributed by atoms with Gasteiger partial charge in [-0.1, -0.05) is 60.9 Å². The van der Waals surface area contributed by atoms with Crippen LogP contribution in [0.15, 0.2) is 29.4 Å². The van der Waals surface area contributed by atoms with E-state index in [1.807, 2.05) is 45.0 Å². The van der Waals surface area contributed by atoms with E-state index in [0.29, 0.717) is 28.4 Å². The molecule has 0 unspecified atom stereocenters. The first-order valence-corrected chi connectivity index (χ1v) is 12.0. The summed E-state index contributed by atoms with van der Waals surface area (Å²) in [6.07, 6.45) is 5.77. The van der Waals surface area contributed by atoms with Gasteiger partial charge in [0.25, 0.3) is 0 Å². The summed E-state index contributed by atoms with van der Waals surface area (Å²) >= 11 is 1.27. The number of rotatable bonds is 6. The van der Waals surface area contributed by atoms with Crippen molar-refractivity contribution in [1.29, 1.82) is 5.26 Å². The lowest BCUT2D eigenvalue weighted by Crippen LogP contribution is -2.21. The number of aromatic nitrogens is 4. The molecule has 0 atom stereocenters. The number of aromatic amines is 1. The molecule has 0 saturated heterocycles. The molecule has 32 heavy (non-hydrogen) atoms. The van der Waals surface area contributed by atoms with Crippen molar-refractivity contribution < 1.29 is 4.79 Å². The normalized spacial score (nSPS) is 14.3. The van der Waals surface area contributed by atoms with Crippen molar-refractivity contribution in [2.45, 2.75) is 64.1 Å². The van der Waals surface area contributed by atoms with Crippen molar-refractivity contribution in [3.05, 3.63) is 46.6 Å². The molecule has 4 rings (SSSR count). The van der Waals surface area contributed by atoms with E-state index in [0.717, 1.165) is 29.7 Å². The first-order chi connectivity index (χ1) is 15.5. The molecule has 3 aromatic rings. The van der Waals surface area contributed by atoms with Crippen LogP contribution in [0.2, 0.25) is 0 Å². The summed E-state index contributed by atoms with van der Waals surface area (Å²) in [5.74, 6) is 1.32. The zero-order valence-corrected chi connectivity index (χ0v) is 19.6. The molecule has 1 fully saturated rings. The highest BCUT2D eigenvalue weighted by atomic mass is 32.2. The molecule has 0 radical (unpaired) electrons. The average Bonchev–Trinajstić information content (AvgIpc) is 3.36. The van der Waals surface area contributed by atoms with Crippen LogP contribution in [0.5, 0.6) is 0 Å². The second-order valence-corrected chi connectivity index (χ2v) is 9.32. The number of carbonyl (C=O) groups is 1.